The number of fused-ring (bicyclic) bond motifs is 4. The van der Waals surface area contributed by atoms with Gasteiger partial charge >= 0.3 is 6.18 Å². The Morgan fingerprint density at radius 2 is 1.89 bits per heavy atom. The summed E-state index contributed by atoms with van der Waals surface area (Å²) in [5.41, 5.74) is 0.000821. The maximum absolute atomic E-state index is 13.6. The van der Waals surface area contributed by atoms with Gasteiger partial charge in [-0.25, -0.2) is 13.4 Å². The molecule has 0 fully saturated rings. The van der Waals surface area contributed by atoms with Crippen molar-refractivity contribution in [2.24, 2.45) is 4.99 Å². The summed E-state index contributed by atoms with van der Waals surface area (Å²) in [6.45, 7) is 7.15. The Morgan fingerprint density at radius 3 is 2.61 bits per heavy atom. The van der Waals surface area contributed by atoms with Gasteiger partial charge in [0.05, 0.1) is 17.4 Å². The molecule has 0 saturated heterocycles. The molecule has 3 aromatic rings. The zero-order valence-electron chi connectivity index (χ0n) is 20.1. The van der Waals surface area contributed by atoms with Gasteiger partial charge < -0.3 is 10.1 Å². The van der Waals surface area contributed by atoms with Crippen LogP contribution in [-0.4, -0.2) is 40.7 Å². The number of pyridine rings is 2. The maximum atomic E-state index is 13.6. The molecule has 7 nitrogen and oxygen atoms in total. The van der Waals surface area contributed by atoms with Crippen LogP contribution >= 0.6 is 0 Å². The van der Waals surface area contributed by atoms with Crippen molar-refractivity contribution in [1.29, 1.82) is 0 Å². The summed E-state index contributed by atoms with van der Waals surface area (Å²) in [6.07, 6.45) is -2.05. The Bertz CT molecular complexity index is 1520. The number of ether oxygens (including phenoxy) is 1. The van der Waals surface area contributed by atoms with E-state index in [4.69, 9.17) is 9.73 Å². The predicted octanol–water partition coefficient (Wildman–Crippen LogP) is 5.43. The summed E-state index contributed by atoms with van der Waals surface area (Å²) >= 11 is 0. The lowest BCUT2D eigenvalue weighted by molar-refractivity contribution is -0.137. The topological polar surface area (TPSA) is 93.5 Å². The van der Waals surface area contributed by atoms with Crippen molar-refractivity contribution in [2.45, 2.75) is 55.8 Å². The Labute approximate surface area is 206 Å². The summed E-state index contributed by atoms with van der Waals surface area (Å²) in [7, 11) is -3.60. The number of aliphatic imine (C=N–C) groups is 1. The Kier molecular flexibility index (Phi) is 5.37. The van der Waals surface area contributed by atoms with Gasteiger partial charge in [-0.3, -0.25) is 9.98 Å². The average Bonchev–Trinajstić information content (AvgIpc) is 2.92. The second-order valence-electron chi connectivity index (χ2n) is 9.63. The minimum atomic E-state index is -4.51. The van der Waals surface area contributed by atoms with Gasteiger partial charge in [0.2, 0.25) is 0 Å². The van der Waals surface area contributed by atoms with E-state index in [0.29, 0.717) is 22.7 Å². The summed E-state index contributed by atoms with van der Waals surface area (Å²) in [5, 5.41) is 2.72. The van der Waals surface area contributed by atoms with Gasteiger partial charge in [0, 0.05) is 41.2 Å². The van der Waals surface area contributed by atoms with Gasteiger partial charge in [-0.2, -0.15) is 13.2 Å². The molecule has 11 heteroatoms. The summed E-state index contributed by atoms with van der Waals surface area (Å²) in [5.74, 6) is 0.806. The molecule has 3 atom stereocenters. The molecule has 0 amide bonds. The second kappa shape index (κ2) is 7.89. The lowest BCUT2D eigenvalue weighted by Crippen LogP contribution is -2.59. The molecule has 1 aromatic carbocycles. The number of benzene rings is 1. The first-order chi connectivity index (χ1) is 16.8. The van der Waals surface area contributed by atoms with Crippen molar-refractivity contribution in [2.75, 3.05) is 11.9 Å². The number of sulfone groups is 1. The highest BCUT2D eigenvalue weighted by atomic mass is 32.2. The Hall–Kier alpha value is -3.21. The fourth-order valence-electron chi connectivity index (χ4n) is 5.10. The third-order valence-electron chi connectivity index (χ3n) is 7.64. The SMILES string of the molecule is CC1=NC2(C)c3cc(Nc4nccc5cc(C(F)(F)F)cnc45)ccc3OCCC2(C)S(=O)(=O)C1C. The number of alkyl halides is 3. The van der Waals surface area contributed by atoms with Crippen LogP contribution in [0.2, 0.25) is 0 Å². The van der Waals surface area contributed by atoms with Crippen molar-refractivity contribution in [3.8, 4) is 5.75 Å². The normalized spacial score (nSPS) is 27.3. The highest BCUT2D eigenvalue weighted by Gasteiger charge is 2.61. The average molecular weight is 519 g/mol. The molecule has 36 heavy (non-hydrogen) atoms. The van der Waals surface area contributed by atoms with Gasteiger partial charge in [0.25, 0.3) is 0 Å². The Balaban J connectivity index is 1.62. The van der Waals surface area contributed by atoms with Gasteiger partial charge in [-0.1, -0.05) is 0 Å². The molecule has 0 bridgehead atoms. The van der Waals surface area contributed by atoms with E-state index in [1.807, 2.05) is 6.92 Å². The standard InChI is InChI=1S/C25H25F3N4O3S/c1-14-15(2)36(33,34)23(3)8-10-35-20-6-5-18(12-19(20)24(23,4)32-14)31-22-21-16(7-9-29-22)11-17(13-30-21)25(26,27)28/h5-7,9,11-13,15H,8,10H2,1-4H3,(H,29,31). The maximum Gasteiger partial charge on any atom is 0.417 e. The van der Waals surface area contributed by atoms with Crippen molar-refractivity contribution >= 4 is 38.0 Å². The molecule has 4 heterocycles. The number of anilines is 2. The number of aromatic nitrogens is 2. The number of hydrogen-bond donors (Lipinski definition) is 1. The van der Waals surface area contributed by atoms with E-state index in [2.05, 4.69) is 15.3 Å². The molecular formula is C25H25F3N4O3S. The smallest absolute Gasteiger partial charge is 0.417 e. The number of nitrogens with zero attached hydrogens (tertiary/aromatic N) is 3. The molecule has 0 spiro atoms. The first-order valence-electron chi connectivity index (χ1n) is 11.4. The van der Waals surface area contributed by atoms with Crippen LogP contribution in [0.1, 0.15) is 45.2 Å². The van der Waals surface area contributed by atoms with Crippen molar-refractivity contribution < 1.29 is 26.3 Å². The van der Waals surface area contributed by atoms with Crippen LogP contribution in [-0.2, 0) is 21.6 Å². The minimum Gasteiger partial charge on any atom is -0.493 e. The number of hydrogen-bond acceptors (Lipinski definition) is 7. The van der Waals surface area contributed by atoms with Gasteiger partial charge in [0.15, 0.2) is 15.7 Å². The molecule has 190 valence electrons. The molecule has 2 aliphatic heterocycles. The van der Waals surface area contributed by atoms with E-state index in [0.717, 1.165) is 12.3 Å². The largest absolute Gasteiger partial charge is 0.493 e. The first-order valence-corrected chi connectivity index (χ1v) is 13.0. The van der Waals surface area contributed by atoms with Crippen LogP contribution in [0.15, 0.2) is 47.7 Å². The van der Waals surface area contributed by atoms with Crippen LogP contribution < -0.4 is 10.1 Å². The Morgan fingerprint density at radius 1 is 1.14 bits per heavy atom. The molecule has 3 unspecified atom stereocenters. The second-order valence-corrected chi connectivity index (χ2v) is 12.3. The number of rotatable bonds is 2. The van der Waals surface area contributed by atoms with E-state index in [9.17, 15) is 21.6 Å². The fraction of sp³-hybridized carbons (Fsp3) is 0.400. The molecule has 2 aromatic heterocycles. The lowest BCUT2D eigenvalue weighted by Gasteiger charge is -2.47. The monoisotopic (exact) mass is 518 g/mol. The zero-order valence-corrected chi connectivity index (χ0v) is 21.0. The quantitative estimate of drug-likeness (QED) is 0.487. The number of halogens is 3. The molecule has 1 N–H and O–H groups in total. The third-order valence-corrected chi connectivity index (χ3v) is 10.8. The molecule has 5 rings (SSSR count). The van der Waals surface area contributed by atoms with Crippen LogP contribution in [0.5, 0.6) is 5.75 Å². The zero-order chi connectivity index (χ0) is 26.1. The highest BCUT2D eigenvalue weighted by Crippen LogP contribution is 2.53. The van der Waals surface area contributed by atoms with Crippen molar-refractivity contribution in [3.63, 3.8) is 0 Å². The highest BCUT2D eigenvalue weighted by molar-refractivity contribution is 7.94. The third kappa shape index (κ3) is 3.47. The molecule has 2 aliphatic rings. The molecule has 0 saturated carbocycles. The van der Waals surface area contributed by atoms with E-state index >= 15 is 0 Å². The van der Waals surface area contributed by atoms with Crippen molar-refractivity contribution in [1.82, 2.24) is 9.97 Å². The molecular weight excluding hydrogens is 493 g/mol. The van der Waals surface area contributed by atoms with Gasteiger partial charge in [-0.15, -0.1) is 0 Å². The minimum absolute atomic E-state index is 0.225. The summed E-state index contributed by atoms with van der Waals surface area (Å²) in [4.78, 5) is 13.2. The van der Waals surface area contributed by atoms with E-state index in [1.54, 1.807) is 39.0 Å². The van der Waals surface area contributed by atoms with E-state index < -0.39 is 37.1 Å². The van der Waals surface area contributed by atoms with Crippen LogP contribution in [0.4, 0.5) is 24.7 Å². The van der Waals surface area contributed by atoms with Crippen LogP contribution in [0.25, 0.3) is 10.9 Å². The predicted molar refractivity (Wildman–Crippen MR) is 132 cm³/mol. The summed E-state index contributed by atoms with van der Waals surface area (Å²) < 4.78 is 71.4. The fourth-order valence-corrected chi connectivity index (χ4v) is 7.46. The van der Waals surface area contributed by atoms with Gasteiger partial charge in [-0.05, 0) is 58.0 Å². The first kappa shape index (κ1) is 24.5. The van der Waals surface area contributed by atoms with Crippen LogP contribution in [0.3, 0.4) is 0 Å². The van der Waals surface area contributed by atoms with Crippen molar-refractivity contribution in [3.05, 3.63) is 53.9 Å². The summed E-state index contributed by atoms with van der Waals surface area (Å²) in [6, 6.07) is 7.74. The lowest BCUT2D eigenvalue weighted by atomic mass is 9.78. The van der Waals surface area contributed by atoms with Gasteiger partial charge in [0.1, 0.15) is 21.6 Å². The molecule has 0 aliphatic carbocycles. The van der Waals surface area contributed by atoms with E-state index in [1.165, 1.54) is 12.3 Å². The van der Waals surface area contributed by atoms with Crippen LogP contribution in [0, 0.1) is 0 Å². The van der Waals surface area contributed by atoms with E-state index in [-0.39, 0.29) is 29.7 Å². The molecule has 0 radical (unpaired) electrons. The number of nitrogens with one attached hydrogen (secondary N) is 1.